The van der Waals surface area contributed by atoms with Gasteiger partial charge < -0.3 is 5.11 Å². The Kier molecular flexibility index (Phi) is 6.44. The summed E-state index contributed by atoms with van der Waals surface area (Å²) in [6, 6.07) is 11.6. The van der Waals surface area contributed by atoms with Gasteiger partial charge in [-0.15, -0.1) is 0 Å². The molecule has 1 fully saturated rings. The average molecular weight is 498 g/mol. The fourth-order valence-electron chi connectivity index (χ4n) is 6.06. The van der Waals surface area contributed by atoms with E-state index in [1.165, 1.54) is 24.3 Å². The van der Waals surface area contributed by atoms with E-state index in [0.29, 0.717) is 24.8 Å². The third-order valence-corrected chi connectivity index (χ3v) is 7.69. The van der Waals surface area contributed by atoms with Gasteiger partial charge in [0, 0.05) is 22.9 Å². The van der Waals surface area contributed by atoms with Gasteiger partial charge in [0.15, 0.2) is 0 Å². The van der Waals surface area contributed by atoms with Crippen LogP contribution in [0.1, 0.15) is 91.6 Å². The number of fused-ring (bicyclic) bond motifs is 1. The van der Waals surface area contributed by atoms with Crippen molar-refractivity contribution in [2.45, 2.75) is 77.0 Å². The molecule has 1 aromatic heterocycles. The summed E-state index contributed by atoms with van der Waals surface area (Å²) in [6.07, 6.45) is 0.698. The molecule has 0 saturated heterocycles. The molecule has 2 aliphatic carbocycles. The lowest BCUT2D eigenvalue weighted by Gasteiger charge is -2.37. The molecule has 36 heavy (non-hydrogen) atoms. The number of alkyl halides is 3. The number of rotatable bonds is 4. The number of halogens is 4. The van der Waals surface area contributed by atoms with Crippen LogP contribution >= 0.6 is 0 Å². The van der Waals surface area contributed by atoms with E-state index in [-0.39, 0.29) is 17.2 Å². The minimum absolute atomic E-state index is 0.124. The molecule has 0 radical (unpaired) electrons. The SMILES string of the molecule is CC1(C)Cc2nc(C3CCCC3)c(Cc3ccc(C(F)(F)F)cc3)c(-c3cccc(F)c3)c2[C@@H](O)C1. The Labute approximate surface area is 209 Å². The molecule has 2 aliphatic rings. The minimum Gasteiger partial charge on any atom is -0.388 e. The second-order valence-corrected chi connectivity index (χ2v) is 11.1. The normalized spacial score (nSPS) is 19.9. The van der Waals surface area contributed by atoms with Crippen LogP contribution in [0.25, 0.3) is 11.1 Å². The summed E-state index contributed by atoms with van der Waals surface area (Å²) in [4.78, 5) is 5.17. The predicted octanol–water partition coefficient (Wildman–Crippen LogP) is 8.16. The van der Waals surface area contributed by atoms with Crippen LogP contribution in [0.4, 0.5) is 17.6 Å². The molecule has 1 saturated carbocycles. The molecule has 2 aromatic carbocycles. The van der Waals surface area contributed by atoms with Crippen molar-refractivity contribution in [1.29, 1.82) is 0 Å². The van der Waals surface area contributed by atoms with Crippen LogP contribution in [-0.4, -0.2) is 10.1 Å². The van der Waals surface area contributed by atoms with E-state index in [1.807, 2.05) is 6.07 Å². The maximum atomic E-state index is 14.4. The summed E-state index contributed by atoms with van der Waals surface area (Å²) in [7, 11) is 0. The highest BCUT2D eigenvalue weighted by molar-refractivity contribution is 5.74. The summed E-state index contributed by atoms with van der Waals surface area (Å²) in [5, 5.41) is 11.3. The van der Waals surface area contributed by atoms with Crippen molar-refractivity contribution in [3.8, 4) is 11.1 Å². The van der Waals surface area contributed by atoms with E-state index in [4.69, 9.17) is 4.98 Å². The average Bonchev–Trinajstić information content (AvgIpc) is 3.33. The van der Waals surface area contributed by atoms with Gasteiger partial charge in [-0.3, -0.25) is 4.98 Å². The first-order valence-corrected chi connectivity index (χ1v) is 12.7. The Morgan fingerprint density at radius 3 is 2.36 bits per heavy atom. The zero-order chi connectivity index (χ0) is 25.7. The molecule has 0 spiro atoms. The molecule has 0 bridgehead atoms. The smallest absolute Gasteiger partial charge is 0.388 e. The number of benzene rings is 2. The zero-order valence-corrected chi connectivity index (χ0v) is 20.6. The van der Waals surface area contributed by atoms with Crippen LogP contribution in [0.15, 0.2) is 48.5 Å². The first-order valence-electron chi connectivity index (χ1n) is 12.7. The highest BCUT2D eigenvalue weighted by Gasteiger charge is 2.37. The number of aliphatic hydroxyl groups excluding tert-OH is 1. The lowest BCUT2D eigenvalue weighted by molar-refractivity contribution is -0.137. The van der Waals surface area contributed by atoms with Crippen molar-refractivity contribution < 1.29 is 22.7 Å². The molecule has 6 heteroatoms. The molecule has 0 amide bonds. The van der Waals surface area contributed by atoms with E-state index in [0.717, 1.165) is 71.5 Å². The number of pyridine rings is 1. The Hall–Kier alpha value is -2.73. The zero-order valence-electron chi connectivity index (χ0n) is 20.6. The topological polar surface area (TPSA) is 33.1 Å². The summed E-state index contributed by atoms with van der Waals surface area (Å²) in [5.74, 6) is -0.124. The van der Waals surface area contributed by atoms with Gasteiger partial charge in [0.05, 0.1) is 11.7 Å². The highest BCUT2D eigenvalue weighted by atomic mass is 19.4. The van der Waals surface area contributed by atoms with Crippen molar-refractivity contribution in [1.82, 2.24) is 4.98 Å². The molecule has 5 rings (SSSR count). The fraction of sp³-hybridized carbons (Fsp3) is 0.433. The Bertz CT molecular complexity index is 1260. The Morgan fingerprint density at radius 1 is 1.03 bits per heavy atom. The van der Waals surface area contributed by atoms with Gasteiger partial charge in [0.1, 0.15) is 5.82 Å². The number of hydrogen-bond acceptors (Lipinski definition) is 2. The van der Waals surface area contributed by atoms with Gasteiger partial charge in [-0.1, -0.05) is 51.0 Å². The van der Waals surface area contributed by atoms with Crippen LogP contribution in [0.2, 0.25) is 0 Å². The number of hydrogen-bond donors (Lipinski definition) is 1. The van der Waals surface area contributed by atoms with Crippen molar-refractivity contribution in [2.24, 2.45) is 5.41 Å². The van der Waals surface area contributed by atoms with Gasteiger partial charge >= 0.3 is 6.18 Å². The summed E-state index contributed by atoms with van der Waals surface area (Å²) in [6.45, 7) is 4.24. The van der Waals surface area contributed by atoms with Gasteiger partial charge in [0.25, 0.3) is 0 Å². The Balaban J connectivity index is 1.73. The molecule has 2 nitrogen and oxygen atoms in total. The predicted molar refractivity (Wildman–Crippen MR) is 132 cm³/mol. The largest absolute Gasteiger partial charge is 0.416 e. The van der Waals surface area contributed by atoms with Crippen molar-refractivity contribution in [3.63, 3.8) is 0 Å². The quantitative estimate of drug-likeness (QED) is 0.369. The lowest BCUT2D eigenvalue weighted by Crippen LogP contribution is -2.28. The van der Waals surface area contributed by atoms with Gasteiger partial charge in [-0.25, -0.2) is 4.39 Å². The van der Waals surface area contributed by atoms with Crippen LogP contribution in [0.5, 0.6) is 0 Å². The molecule has 1 N–H and O–H groups in total. The van der Waals surface area contributed by atoms with E-state index < -0.39 is 17.8 Å². The molecule has 0 unspecified atom stereocenters. The van der Waals surface area contributed by atoms with E-state index in [1.54, 1.807) is 6.07 Å². The maximum absolute atomic E-state index is 14.4. The van der Waals surface area contributed by atoms with Crippen molar-refractivity contribution >= 4 is 0 Å². The molecular formula is C30H31F4NO. The van der Waals surface area contributed by atoms with Crippen molar-refractivity contribution in [2.75, 3.05) is 0 Å². The van der Waals surface area contributed by atoms with Crippen LogP contribution in [0.3, 0.4) is 0 Å². The summed E-state index contributed by atoms with van der Waals surface area (Å²) >= 11 is 0. The third kappa shape index (κ3) is 4.93. The highest BCUT2D eigenvalue weighted by Crippen LogP contribution is 2.48. The maximum Gasteiger partial charge on any atom is 0.416 e. The first kappa shape index (κ1) is 24.9. The number of aromatic nitrogens is 1. The Morgan fingerprint density at radius 2 is 1.72 bits per heavy atom. The third-order valence-electron chi connectivity index (χ3n) is 7.69. The lowest BCUT2D eigenvalue weighted by atomic mass is 9.71. The molecular weight excluding hydrogens is 466 g/mol. The van der Waals surface area contributed by atoms with Crippen molar-refractivity contribution in [3.05, 3.63) is 88.0 Å². The molecule has 3 aromatic rings. The molecule has 0 aliphatic heterocycles. The van der Waals surface area contributed by atoms with Crippen LogP contribution < -0.4 is 0 Å². The van der Waals surface area contributed by atoms with Gasteiger partial charge in [-0.05, 0) is 84.0 Å². The molecule has 190 valence electrons. The van der Waals surface area contributed by atoms with Crippen LogP contribution in [-0.2, 0) is 19.0 Å². The van der Waals surface area contributed by atoms with Crippen LogP contribution in [0, 0.1) is 11.2 Å². The van der Waals surface area contributed by atoms with E-state index >= 15 is 0 Å². The monoisotopic (exact) mass is 497 g/mol. The van der Waals surface area contributed by atoms with Gasteiger partial charge in [0.2, 0.25) is 0 Å². The van der Waals surface area contributed by atoms with E-state index in [9.17, 15) is 22.7 Å². The first-order chi connectivity index (χ1) is 17.0. The second-order valence-electron chi connectivity index (χ2n) is 11.1. The number of aliphatic hydroxyl groups is 1. The second kappa shape index (κ2) is 9.29. The standard InChI is InChI=1S/C30H31F4NO/c1-29(2)16-24-27(25(36)17-29)26(20-8-5-9-22(31)15-20)23(28(35-24)19-6-3-4-7-19)14-18-10-12-21(13-11-18)30(32,33)34/h5,8-13,15,19,25,36H,3-4,6-7,14,16-17H2,1-2H3/t25-/m0/s1. The van der Waals surface area contributed by atoms with Gasteiger partial charge in [-0.2, -0.15) is 13.2 Å². The number of nitrogens with zero attached hydrogens (tertiary/aromatic N) is 1. The molecule has 1 heterocycles. The summed E-state index contributed by atoms with van der Waals surface area (Å²) in [5.41, 5.74) is 4.83. The molecule has 1 atom stereocenters. The summed E-state index contributed by atoms with van der Waals surface area (Å²) < 4.78 is 53.9. The minimum atomic E-state index is -4.40. The van der Waals surface area contributed by atoms with E-state index in [2.05, 4.69) is 13.8 Å². The fourth-order valence-corrected chi connectivity index (χ4v) is 6.06.